The fourth-order valence-corrected chi connectivity index (χ4v) is 2.42. The second-order valence-electron chi connectivity index (χ2n) is 4.79. The lowest BCUT2D eigenvalue weighted by atomic mass is 9.99. The van der Waals surface area contributed by atoms with Gasteiger partial charge in [-0.3, -0.25) is 0 Å². The monoisotopic (exact) mass is 278 g/mol. The Morgan fingerprint density at radius 3 is 2.38 bits per heavy atom. The largest absolute Gasteiger partial charge is 0.496 e. The van der Waals surface area contributed by atoms with Crippen LogP contribution in [0.25, 0.3) is 21.9 Å². The van der Waals surface area contributed by atoms with E-state index in [0.717, 1.165) is 27.6 Å². The van der Waals surface area contributed by atoms with Gasteiger partial charge in [0.05, 0.1) is 12.7 Å². The number of ether oxygens (including phenoxy) is 1. The van der Waals surface area contributed by atoms with Crippen LogP contribution in [-0.2, 0) is 0 Å². The first-order valence-electron chi connectivity index (χ1n) is 6.59. The van der Waals surface area contributed by atoms with Crippen LogP contribution in [0.5, 0.6) is 5.75 Å². The minimum absolute atomic E-state index is 0.275. The molecule has 1 N–H and O–H groups in total. The molecule has 104 valence electrons. The molecule has 21 heavy (non-hydrogen) atoms. The quantitative estimate of drug-likeness (QED) is 0.780. The minimum atomic E-state index is -0.928. The zero-order chi connectivity index (χ0) is 14.8. The summed E-state index contributed by atoms with van der Waals surface area (Å²) in [4.78, 5) is 11.1. The third-order valence-electron chi connectivity index (χ3n) is 3.49. The number of aromatic carboxylic acids is 1. The van der Waals surface area contributed by atoms with Crippen LogP contribution < -0.4 is 4.74 Å². The van der Waals surface area contributed by atoms with Crippen molar-refractivity contribution in [1.82, 2.24) is 0 Å². The molecule has 0 aromatic heterocycles. The van der Waals surface area contributed by atoms with Crippen LogP contribution in [0.15, 0.2) is 60.7 Å². The summed E-state index contributed by atoms with van der Waals surface area (Å²) < 4.78 is 5.46. The summed E-state index contributed by atoms with van der Waals surface area (Å²) in [6, 6.07) is 19.0. The van der Waals surface area contributed by atoms with E-state index in [1.807, 2.05) is 48.5 Å². The maximum atomic E-state index is 11.1. The van der Waals surface area contributed by atoms with Crippen molar-refractivity contribution in [3.63, 3.8) is 0 Å². The molecule has 3 nitrogen and oxygen atoms in total. The van der Waals surface area contributed by atoms with Gasteiger partial charge in [0, 0.05) is 5.56 Å². The normalized spacial score (nSPS) is 10.5. The number of carboxylic acids is 1. The van der Waals surface area contributed by atoms with Gasteiger partial charge in [-0.25, -0.2) is 4.79 Å². The SMILES string of the molecule is COc1cc2cc(C(=O)O)ccc2cc1-c1ccccc1. The highest BCUT2D eigenvalue weighted by atomic mass is 16.5. The molecular weight excluding hydrogens is 264 g/mol. The van der Waals surface area contributed by atoms with E-state index in [0.29, 0.717) is 0 Å². The maximum Gasteiger partial charge on any atom is 0.335 e. The van der Waals surface area contributed by atoms with Gasteiger partial charge < -0.3 is 9.84 Å². The molecule has 0 spiro atoms. The average molecular weight is 278 g/mol. The first-order chi connectivity index (χ1) is 10.2. The van der Waals surface area contributed by atoms with Gasteiger partial charge in [-0.15, -0.1) is 0 Å². The highest BCUT2D eigenvalue weighted by Gasteiger charge is 2.10. The van der Waals surface area contributed by atoms with Crippen molar-refractivity contribution in [3.05, 3.63) is 66.2 Å². The lowest BCUT2D eigenvalue weighted by molar-refractivity contribution is 0.0697. The standard InChI is InChI=1S/C18H14O3/c1-21-17-11-15-9-14(18(19)20)8-7-13(15)10-16(17)12-5-3-2-4-6-12/h2-11H,1H3,(H,19,20). The van der Waals surface area contributed by atoms with Gasteiger partial charge >= 0.3 is 5.97 Å². The molecule has 0 aliphatic carbocycles. The second-order valence-corrected chi connectivity index (χ2v) is 4.79. The van der Waals surface area contributed by atoms with Gasteiger partial charge in [0.25, 0.3) is 0 Å². The van der Waals surface area contributed by atoms with Crippen molar-refractivity contribution in [3.8, 4) is 16.9 Å². The minimum Gasteiger partial charge on any atom is -0.496 e. The Labute approximate surface area is 122 Å². The Kier molecular flexibility index (Phi) is 3.32. The average Bonchev–Trinajstić information content (AvgIpc) is 2.53. The van der Waals surface area contributed by atoms with Crippen molar-refractivity contribution >= 4 is 16.7 Å². The Bertz CT molecular complexity index is 807. The zero-order valence-corrected chi connectivity index (χ0v) is 11.5. The van der Waals surface area contributed by atoms with Crippen LogP contribution >= 0.6 is 0 Å². The van der Waals surface area contributed by atoms with E-state index in [-0.39, 0.29) is 5.56 Å². The van der Waals surface area contributed by atoms with E-state index in [2.05, 4.69) is 0 Å². The van der Waals surface area contributed by atoms with Crippen molar-refractivity contribution in [2.24, 2.45) is 0 Å². The molecule has 0 fully saturated rings. The molecule has 3 aromatic rings. The van der Waals surface area contributed by atoms with Gasteiger partial charge in [0.1, 0.15) is 5.75 Å². The predicted molar refractivity (Wildman–Crippen MR) is 82.9 cm³/mol. The highest BCUT2D eigenvalue weighted by Crippen LogP contribution is 2.34. The van der Waals surface area contributed by atoms with Crippen LogP contribution in [0, 0.1) is 0 Å². The number of benzene rings is 3. The molecule has 0 unspecified atom stereocenters. The fraction of sp³-hybridized carbons (Fsp3) is 0.0556. The summed E-state index contributed by atoms with van der Waals surface area (Å²) in [6.45, 7) is 0. The molecule has 0 saturated heterocycles. The summed E-state index contributed by atoms with van der Waals surface area (Å²) in [5, 5.41) is 10.9. The molecular formula is C18H14O3. The van der Waals surface area contributed by atoms with Crippen molar-refractivity contribution in [2.75, 3.05) is 7.11 Å². The van der Waals surface area contributed by atoms with Crippen molar-refractivity contribution in [2.45, 2.75) is 0 Å². The van der Waals surface area contributed by atoms with Gasteiger partial charge in [0.2, 0.25) is 0 Å². The number of hydrogen-bond donors (Lipinski definition) is 1. The van der Waals surface area contributed by atoms with Gasteiger partial charge in [-0.1, -0.05) is 36.4 Å². The highest BCUT2D eigenvalue weighted by molar-refractivity contribution is 5.97. The molecule has 3 rings (SSSR count). The van der Waals surface area contributed by atoms with Crippen LogP contribution in [0.4, 0.5) is 0 Å². The van der Waals surface area contributed by atoms with Gasteiger partial charge in [-0.2, -0.15) is 0 Å². The van der Waals surface area contributed by atoms with Crippen LogP contribution in [0.1, 0.15) is 10.4 Å². The number of methoxy groups -OCH3 is 1. The molecule has 0 amide bonds. The molecule has 0 atom stereocenters. The van der Waals surface area contributed by atoms with E-state index < -0.39 is 5.97 Å². The van der Waals surface area contributed by atoms with E-state index in [9.17, 15) is 4.79 Å². The second kappa shape index (κ2) is 5.29. The topological polar surface area (TPSA) is 46.5 Å². The van der Waals surface area contributed by atoms with Crippen LogP contribution in [0.2, 0.25) is 0 Å². The summed E-state index contributed by atoms with van der Waals surface area (Å²) in [7, 11) is 1.62. The van der Waals surface area contributed by atoms with E-state index in [1.165, 1.54) is 0 Å². The molecule has 0 aliphatic heterocycles. The van der Waals surface area contributed by atoms with Crippen LogP contribution in [0.3, 0.4) is 0 Å². The molecule has 0 radical (unpaired) electrons. The lowest BCUT2D eigenvalue weighted by Gasteiger charge is -2.11. The molecule has 0 bridgehead atoms. The van der Waals surface area contributed by atoms with E-state index in [1.54, 1.807) is 19.2 Å². The molecule has 3 heteroatoms. The van der Waals surface area contributed by atoms with E-state index in [4.69, 9.17) is 9.84 Å². The van der Waals surface area contributed by atoms with Gasteiger partial charge in [0.15, 0.2) is 0 Å². The smallest absolute Gasteiger partial charge is 0.335 e. The fourth-order valence-electron chi connectivity index (χ4n) is 2.42. The predicted octanol–water partition coefficient (Wildman–Crippen LogP) is 4.21. The first kappa shape index (κ1) is 13.2. The Morgan fingerprint density at radius 2 is 1.71 bits per heavy atom. The van der Waals surface area contributed by atoms with Crippen molar-refractivity contribution < 1.29 is 14.6 Å². The Balaban J connectivity index is 2.23. The number of hydrogen-bond acceptors (Lipinski definition) is 2. The van der Waals surface area contributed by atoms with Crippen LogP contribution in [-0.4, -0.2) is 18.2 Å². The number of carboxylic acid groups (broad SMARTS) is 1. The third kappa shape index (κ3) is 2.46. The molecule has 0 saturated carbocycles. The molecule has 0 heterocycles. The molecule has 3 aromatic carbocycles. The summed E-state index contributed by atoms with van der Waals surface area (Å²) >= 11 is 0. The number of carbonyl (C=O) groups is 1. The lowest BCUT2D eigenvalue weighted by Crippen LogP contribution is -1.96. The number of fused-ring (bicyclic) bond motifs is 1. The zero-order valence-electron chi connectivity index (χ0n) is 11.5. The first-order valence-corrected chi connectivity index (χ1v) is 6.59. The van der Waals surface area contributed by atoms with Gasteiger partial charge in [-0.05, 0) is 40.6 Å². The Morgan fingerprint density at radius 1 is 0.952 bits per heavy atom. The summed E-state index contributed by atoms with van der Waals surface area (Å²) in [6.07, 6.45) is 0. The summed E-state index contributed by atoms with van der Waals surface area (Å²) in [5.74, 6) is -0.195. The van der Waals surface area contributed by atoms with E-state index >= 15 is 0 Å². The summed E-state index contributed by atoms with van der Waals surface area (Å²) in [5.41, 5.74) is 2.34. The Hall–Kier alpha value is -2.81. The number of rotatable bonds is 3. The molecule has 0 aliphatic rings. The third-order valence-corrected chi connectivity index (χ3v) is 3.49. The van der Waals surface area contributed by atoms with Crippen molar-refractivity contribution in [1.29, 1.82) is 0 Å². The maximum absolute atomic E-state index is 11.1.